The number of ketones is 1. The number of ether oxygens (including phenoxy) is 1. The highest BCUT2D eigenvalue weighted by Gasteiger charge is 2.33. The lowest BCUT2D eigenvalue weighted by atomic mass is 10.0. The number of hydrogen-bond donors (Lipinski definition) is 0. The van der Waals surface area contributed by atoms with Crippen LogP contribution < -0.4 is 4.74 Å². The Morgan fingerprint density at radius 2 is 2.06 bits per heavy atom. The highest BCUT2D eigenvalue weighted by molar-refractivity contribution is 6.31. The number of benzene rings is 1. The smallest absolute Gasteiger partial charge is 0.405 e. The number of hydrogen-bond acceptors (Lipinski definition) is 3. The lowest BCUT2D eigenvalue weighted by Crippen LogP contribution is -2.19. The van der Waals surface area contributed by atoms with Gasteiger partial charge >= 0.3 is 6.36 Å². The molecule has 0 aliphatic carbocycles. The van der Waals surface area contributed by atoms with E-state index in [0.29, 0.717) is 0 Å². The molecule has 1 atom stereocenters. The van der Waals surface area contributed by atoms with Gasteiger partial charge in [0.25, 0.3) is 0 Å². The first-order valence-corrected chi connectivity index (χ1v) is 5.18. The maximum Gasteiger partial charge on any atom is 0.573 e. The van der Waals surface area contributed by atoms with Crippen LogP contribution in [0.5, 0.6) is 5.75 Å². The summed E-state index contributed by atoms with van der Waals surface area (Å²) in [5.41, 5.74) is -0.397. The molecule has 1 aromatic rings. The first-order valence-electron chi connectivity index (χ1n) is 4.74. The molecular formula is C11H8ClF3O3. The van der Waals surface area contributed by atoms with Crippen LogP contribution in [0.1, 0.15) is 28.2 Å². The second-order valence-corrected chi connectivity index (χ2v) is 3.83. The van der Waals surface area contributed by atoms with Gasteiger partial charge in [-0.3, -0.25) is 9.59 Å². The van der Waals surface area contributed by atoms with E-state index in [1.54, 1.807) is 0 Å². The molecule has 1 rings (SSSR count). The Hall–Kier alpha value is -1.56. The Morgan fingerprint density at radius 3 is 2.50 bits per heavy atom. The van der Waals surface area contributed by atoms with Gasteiger partial charge in [-0.1, -0.05) is 12.1 Å². The predicted octanol–water partition coefficient (Wildman–Crippen LogP) is 3.27. The van der Waals surface area contributed by atoms with Crippen molar-refractivity contribution < 1.29 is 27.5 Å². The van der Waals surface area contributed by atoms with Crippen molar-refractivity contribution in [3.8, 4) is 5.75 Å². The molecule has 0 spiro atoms. The summed E-state index contributed by atoms with van der Waals surface area (Å²) in [4.78, 5) is 21.9. The van der Waals surface area contributed by atoms with Crippen LogP contribution in [0.25, 0.3) is 0 Å². The Kier molecular flexibility index (Phi) is 4.34. The van der Waals surface area contributed by atoms with Gasteiger partial charge in [0.2, 0.25) is 0 Å². The van der Waals surface area contributed by atoms with Crippen LogP contribution >= 0.6 is 11.6 Å². The molecule has 3 nitrogen and oxygen atoms in total. The van der Waals surface area contributed by atoms with E-state index in [9.17, 15) is 22.8 Å². The zero-order chi connectivity index (χ0) is 13.9. The van der Waals surface area contributed by atoms with Crippen molar-refractivity contribution in [2.75, 3.05) is 0 Å². The summed E-state index contributed by atoms with van der Waals surface area (Å²) >= 11 is 5.72. The SMILES string of the molecule is CC(=O)C(Cl)c1cccc(OC(F)(F)F)c1C=O. The molecule has 0 N–H and O–H groups in total. The van der Waals surface area contributed by atoms with Crippen LogP contribution in [0.4, 0.5) is 13.2 Å². The van der Waals surface area contributed by atoms with Gasteiger partial charge in [0.1, 0.15) is 11.1 Å². The summed E-state index contributed by atoms with van der Waals surface area (Å²) in [5, 5.41) is -1.19. The molecule has 0 saturated heterocycles. The minimum atomic E-state index is -4.92. The van der Waals surface area contributed by atoms with Crippen LogP contribution in [0, 0.1) is 0 Å². The van der Waals surface area contributed by atoms with E-state index < -0.39 is 23.3 Å². The number of rotatable bonds is 4. The van der Waals surface area contributed by atoms with E-state index in [0.717, 1.165) is 6.07 Å². The molecule has 0 fully saturated rings. The maximum atomic E-state index is 12.1. The first kappa shape index (κ1) is 14.5. The normalized spacial score (nSPS) is 12.9. The number of carbonyl (C=O) groups excluding carboxylic acids is 2. The summed E-state index contributed by atoms with van der Waals surface area (Å²) in [5.74, 6) is -1.16. The van der Waals surface area contributed by atoms with Gasteiger partial charge in [0, 0.05) is 0 Å². The van der Waals surface area contributed by atoms with Crippen LogP contribution in [0.2, 0.25) is 0 Å². The molecular weight excluding hydrogens is 273 g/mol. The molecule has 0 aromatic heterocycles. The van der Waals surface area contributed by atoms with Gasteiger partial charge < -0.3 is 4.74 Å². The number of Topliss-reactive ketones (excluding diaryl/α,β-unsaturated/α-hetero) is 1. The Morgan fingerprint density at radius 1 is 1.44 bits per heavy atom. The topological polar surface area (TPSA) is 43.4 Å². The predicted molar refractivity (Wildman–Crippen MR) is 57.8 cm³/mol. The maximum absolute atomic E-state index is 12.1. The summed E-state index contributed by atoms with van der Waals surface area (Å²) < 4.78 is 40.0. The molecule has 0 amide bonds. The van der Waals surface area contributed by atoms with E-state index in [1.807, 2.05) is 0 Å². The van der Waals surface area contributed by atoms with Crippen LogP contribution in [-0.4, -0.2) is 18.4 Å². The quantitative estimate of drug-likeness (QED) is 0.628. The molecule has 1 aromatic carbocycles. The van der Waals surface area contributed by atoms with Crippen LogP contribution in [-0.2, 0) is 4.79 Å². The average Bonchev–Trinajstić information content (AvgIpc) is 2.25. The lowest BCUT2D eigenvalue weighted by molar-refractivity contribution is -0.274. The molecule has 0 saturated carbocycles. The standard InChI is InChI=1S/C11H8ClF3O3/c1-6(17)10(12)7-3-2-4-9(8(7)5-16)18-11(13,14)15/h2-5,10H,1H3. The molecule has 7 heteroatoms. The monoisotopic (exact) mass is 280 g/mol. The van der Waals surface area contributed by atoms with Crippen LogP contribution in [0.3, 0.4) is 0 Å². The van der Waals surface area contributed by atoms with Gasteiger partial charge in [0.15, 0.2) is 12.1 Å². The second-order valence-electron chi connectivity index (χ2n) is 3.40. The third kappa shape index (κ3) is 3.46. The van der Waals surface area contributed by atoms with Crippen molar-refractivity contribution in [1.29, 1.82) is 0 Å². The fraction of sp³-hybridized carbons (Fsp3) is 0.273. The lowest BCUT2D eigenvalue weighted by Gasteiger charge is -2.14. The minimum absolute atomic E-state index is 0.0130. The summed E-state index contributed by atoms with van der Waals surface area (Å²) in [6.07, 6.45) is -4.75. The van der Waals surface area contributed by atoms with E-state index in [4.69, 9.17) is 11.6 Å². The van der Waals surface area contributed by atoms with Crippen molar-refractivity contribution in [2.24, 2.45) is 0 Å². The molecule has 0 bridgehead atoms. The van der Waals surface area contributed by atoms with Gasteiger partial charge in [0.05, 0.1) is 5.56 Å². The molecule has 0 heterocycles. The number of halogens is 4. The number of alkyl halides is 4. The third-order valence-electron chi connectivity index (χ3n) is 2.07. The van der Waals surface area contributed by atoms with E-state index in [1.165, 1.54) is 19.1 Å². The Balaban J connectivity index is 3.26. The first-order chi connectivity index (χ1) is 8.26. The molecule has 0 radical (unpaired) electrons. The highest BCUT2D eigenvalue weighted by atomic mass is 35.5. The average molecular weight is 281 g/mol. The minimum Gasteiger partial charge on any atom is -0.405 e. The van der Waals surface area contributed by atoms with Gasteiger partial charge in [-0.2, -0.15) is 0 Å². The summed E-state index contributed by atoms with van der Waals surface area (Å²) in [7, 11) is 0. The van der Waals surface area contributed by atoms with Crippen molar-refractivity contribution in [3.63, 3.8) is 0 Å². The second kappa shape index (κ2) is 5.39. The Labute approximate surface area is 105 Å². The number of carbonyl (C=O) groups is 2. The number of aldehydes is 1. The van der Waals surface area contributed by atoms with Gasteiger partial charge in [-0.05, 0) is 18.6 Å². The van der Waals surface area contributed by atoms with E-state index in [-0.39, 0.29) is 17.4 Å². The molecule has 18 heavy (non-hydrogen) atoms. The molecule has 1 unspecified atom stereocenters. The zero-order valence-electron chi connectivity index (χ0n) is 9.12. The molecule has 0 aliphatic rings. The molecule has 0 aliphatic heterocycles. The van der Waals surface area contributed by atoms with Gasteiger partial charge in [-0.15, -0.1) is 24.8 Å². The largest absolute Gasteiger partial charge is 0.573 e. The Bertz CT molecular complexity index is 471. The highest BCUT2D eigenvalue weighted by Crippen LogP contribution is 2.32. The van der Waals surface area contributed by atoms with Crippen molar-refractivity contribution in [1.82, 2.24) is 0 Å². The van der Waals surface area contributed by atoms with E-state index >= 15 is 0 Å². The van der Waals surface area contributed by atoms with Crippen molar-refractivity contribution >= 4 is 23.7 Å². The summed E-state index contributed by atoms with van der Waals surface area (Å²) in [6, 6.07) is 3.50. The van der Waals surface area contributed by atoms with Crippen LogP contribution in [0.15, 0.2) is 18.2 Å². The van der Waals surface area contributed by atoms with Crippen molar-refractivity contribution in [2.45, 2.75) is 18.7 Å². The van der Waals surface area contributed by atoms with Crippen molar-refractivity contribution in [3.05, 3.63) is 29.3 Å². The van der Waals surface area contributed by atoms with E-state index in [2.05, 4.69) is 4.74 Å². The zero-order valence-corrected chi connectivity index (χ0v) is 9.88. The fourth-order valence-corrected chi connectivity index (χ4v) is 1.53. The van der Waals surface area contributed by atoms with Gasteiger partial charge in [-0.25, -0.2) is 0 Å². The third-order valence-corrected chi connectivity index (χ3v) is 2.62. The summed E-state index contributed by atoms with van der Waals surface area (Å²) in [6.45, 7) is 1.17. The molecule has 98 valence electrons. The fourth-order valence-electron chi connectivity index (χ4n) is 1.34.